The van der Waals surface area contributed by atoms with E-state index in [0.29, 0.717) is 34.2 Å². The lowest BCUT2D eigenvalue weighted by Gasteiger charge is -2.26. The van der Waals surface area contributed by atoms with Crippen LogP contribution in [0.25, 0.3) is 0 Å². The molecule has 0 aromatic carbocycles. The van der Waals surface area contributed by atoms with Crippen LogP contribution in [-0.4, -0.2) is 33.3 Å². The molecule has 7 nitrogen and oxygen atoms in total. The Kier molecular flexibility index (Phi) is 7.97. The Morgan fingerprint density at radius 1 is 1.48 bits per heavy atom. The van der Waals surface area contributed by atoms with E-state index in [1.807, 2.05) is 0 Å². The lowest BCUT2D eigenvalue weighted by molar-refractivity contribution is -0.380. The highest BCUT2D eigenvalue weighted by Crippen LogP contribution is 2.44. The van der Waals surface area contributed by atoms with Gasteiger partial charge in [-0.25, -0.2) is 10.2 Å². The van der Waals surface area contributed by atoms with Crippen LogP contribution in [-0.2, 0) is 15.7 Å². The summed E-state index contributed by atoms with van der Waals surface area (Å²) in [5.74, 6) is 0. The molecule has 1 aromatic heterocycles. The maximum Gasteiger partial charge on any atom is 0.341 e. The predicted molar refractivity (Wildman–Crippen MR) is 91.5 cm³/mol. The number of nitro groups is 1. The molecular weight excluding hydrogens is 449 g/mol. The van der Waals surface area contributed by atoms with Gasteiger partial charge >= 0.3 is 12.7 Å². The number of aryl methyl sites for hydroxylation is 1. The first-order valence-corrected chi connectivity index (χ1v) is 10.7. The first-order chi connectivity index (χ1) is 9.81. The average molecular weight is 465 g/mol. The summed E-state index contributed by atoms with van der Waals surface area (Å²) < 4.78 is 19.3. The van der Waals surface area contributed by atoms with Gasteiger partial charge in [-0.3, -0.25) is 14.7 Å². The van der Waals surface area contributed by atoms with E-state index in [1.54, 1.807) is 17.7 Å². The van der Waals surface area contributed by atoms with Crippen LogP contribution in [0.15, 0.2) is 6.07 Å². The number of hydrogen-bond donors (Lipinski definition) is 1. The molecule has 2 N–H and O–H groups in total. The molecule has 1 rings (SSSR count). The minimum Gasteiger partial charge on any atom is -0.300 e. The molecule has 1 heterocycles. The third-order valence-corrected chi connectivity index (χ3v) is 6.14. The zero-order chi connectivity index (χ0) is 16.0. The van der Waals surface area contributed by atoms with E-state index in [1.165, 1.54) is 0 Å². The highest BCUT2D eigenvalue weighted by molar-refractivity contribution is 9.09. The van der Waals surface area contributed by atoms with Gasteiger partial charge in [0.05, 0.1) is 11.5 Å². The molecule has 0 bridgehead atoms. The molecule has 1 unspecified atom stereocenters. The largest absolute Gasteiger partial charge is 0.341 e. The summed E-state index contributed by atoms with van der Waals surface area (Å²) in [6, 6.07) is 1.65. The van der Waals surface area contributed by atoms with E-state index >= 15 is 0 Å². The van der Waals surface area contributed by atoms with E-state index in [-0.39, 0.29) is 11.6 Å². The van der Waals surface area contributed by atoms with Crippen molar-refractivity contribution in [3.8, 4) is 0 Å². The molecule has 0 saturated heterocycles. The van der Waals surface area contributed by atoms with Gasteiger partial charge in [-0.2, -0.15) is 0 Å². The van der Waals surface area contributed by atoms with Crippen LogP contribution in [0.2, 0.25) is 0 Å². The summed E-state index contributed by atoms with van der Waals surface area (Å²) >= 11 is 7.56. The lowest BCUT2D eigenvalue weighted by Crippen LogP contribution is -2.29. The topological polar surface area (TPSA) is 98.7 Å². The fourth-order valence-corrected chi connectivity index (χ4v) is 5.25. The molecule has 1 atom stereocenters. The molecule has 0 spiro atoms. The summed E-state index contributed by atoms with van der Waals surface area (Å²) in [6.45, 7) is 2.63. The van der Waals surface area contributed by atoms with Crippen molar-refractivity contribution in [3.05, 3.63) is 26.6 Å². The number of halogens is 2. The molecule has 1 aromatic rings. The zero-order valence-electron chi connectivity index (χ0n) is 11.3. The molecule has 0 aliphatic carbocycles. The minimum atomic E-state index is -3.42. The Hall–Kier alpha value is 0.170. The van der Waals surface area contributed by atoms with Crippen molar-refractivity contribution in [2.24, 2.45) is 5.50 Å². The number of rotatable bonds is 9. The first kappa shape index (κ1) is 19.2. The van der Waals surface area contributed by atoms with Gasteiger partial charge < -0.3 is 4.52 Å². The fourth-order valence-electron chi connectivity index (χ4n) is 1.61. The maximum absolute atomic E-state index is 12.4. The third-order valence-electron chi connectivity index (χ3n) is 2.58. The molecule has 0 aliphatic heterocycles. The van der Waals surface area contributed by atoms with Crippen LogP contribution < -0.4 is 5.50 Å². The number of nitrogens with two attached hydrogens (primary N) is 1. The monoisotopic (exact) mass is 463 g/mol. The van der Waals surface area contributed by atoms with Crippen molar-refractivity contribution in [2.45, 2.75) is 13.5 Å². The van der Waals surface area contributed by atoms with Crippen LogP contribution in [0.1, 0.15) is 10.4 Å². The van der Waals surface area contributed by atoms with Crippen molar-refractivity contribution in [1.29, 1.82) is 0 Å². The van der Waals surface area contributed by atoms with E-state index < -0.39 is 12.6 Å². The molecular formula is C10H16Br2N3O4PS. The van der Waals surface area contributed by atoms with Gasteiger partial charge in [0.25, 0.3) is 0 Å². The summed E-state index contributed by atoms with van der Waals surface area (Å²) in [5.41, 5.74) is 6.34. The minimum absolute atomic E-state index is 0.00576. The van der Waals surface area contributed by atoms with E-state index in [0.717, 1.165) is 11.3 Å². The zero-order valence-corrected chi connectivity index (χ0v) is 16.2. The molecule has 21 heavy (non-hydrogen) atoms. The van der Waals surface area contributed by atoms with Crippen molar-refractivity contribution in [2.75, 3.05) is 23.7 Å². The molecule has 11 heteroatoms. The normalized spacial score (nSPS) is 14.3. The van der Waals surface area contributed by atoms with Crippen LogP contribution in [0.5, 0.6) is 0 Å². The maximum atomic E-state index is 12.4. The Morgan fingerprint density at radius 3 is 2.48 bits per heavy atom. The molecule has 0 aliphatic rings. The number of hydrogen-bond acceptors (Lipinski definition) is 5. The van der Waals surface area contributed by atoms with Gasteiger partial charge in [0, 0.05) is 34.2 Å². The van der Waals surface area contributed by atoms with E-state index in [9.17, 15) is 14.7 Å². The highest BCUT2D eigenvalue weighted by Gasteiger charge is 2.27. The van der Waals surface area contributed by atoms with Crippen molar-refractivity contribution >= 4 is 55.9 Å². The molecule has 0 radical (unpaired) electrons. The Bertz CT molecular complexity index is 536. The second-order valence-electron chi connectivity index (χ2n) is 4.13. The van der Waals surface area contributed by atoms with E-state index in [4.69, 9.17) is 10.0 Å². The van der Waals surface area contributed by atoms with Crippen molar-refractivity contribution in [1.82, 2.24) is 4.67 Å². The van der Waals surface area contributed by atoms with Gasteiger partial charge in [-0.1, -0.05) is 43.2 Å². The van der Waals surface area contributed by atoms with Gasteiger partial charge in [0.15, 0.2) is 0 Å². The van der Waals surface area contributed by atoms with Crippen LogP contribution in [0.3, 0.4) is 0 Å². The summed E-state index contributed by atoms with van der Waals surface area (Å²) in [5, 5.41) is 12.1. The van der Waals surface area contributed by atoms with Gasteiger partial charge in [-0.15, -0.1) is 0 Å². The highest BCUT2D eigenvalue weighted by atomic mass is 79.9. The van der Waals surface area contributed by atoms with Gasteiger partial charge in [0.2, 0.25) is 0 Å². The number of nitrogens with zero attached hydrogens (tertiary/aromatic N) is 2. The molecule has 0 fully saturated rings. The number of alkyl halides is 2. The first-order valence-electron chi connectivity index (χ1n) is 5.96. The van der Waals surface area contributed by atoms with E-state index in [2.05, 4.69) is 31.9 Å². The molecule has 0 amide bonds. The Labute approximate surface area is 143 Å². The SMILES string of the molecule is Cc1cc(COP(N)(=O)N(CCBr)CCBr)sc1[N+](=O)[O-]. The summed E-state index contributed by atoms with van der Waals surface area (Å²) in [4.78, 5) is 11.0. The molecule has 0 saturated carbocycles. The summed E-state index contributed by atoms with van der Waals surface area (Å²) in [7, 11) is -3.42. The fraction of sp³-hybridized carbons (Fsp3) is 0.600. The van der Waals surface area contributed by atoms with Crippen LogP contribution >= 0.6 is 50.9 Å². The van der Waals surface area contributed by atoms with Crippen LogP contribution in [0.4, 0.5) is 5.00 Å². The Morgan fingerprint density at radius 2 is 2.05 bits per heavy atom. The third kappa shape index (κ3) is 5.70. The second kappa shape index (κ2) is 8.71. The second-order valence-corrected chi connectivity index (χ2v) is 8.78. The Balaban J connectivity index is 2.73. The summed E-state index contributed by atoms with van der Waals surface area (Å²) in [6.07, 6.45) is 0. The predicted octanol–water partition coefficient (Wildman–Crippen LogP) is 3.64. The smallest absolute Gasteiger partial charge is 0.300 e. The van der Waals surface area contributed by atoms with Gasteiger partial charge in [-0.05, 0) is 13.0 Å². The van der Waals surface area contributed by atoms with Crippen molar-refractivity contribution < 1.29 is 14.0 Å². The lowest BCUT2D eigenvalue weighted by atomic mass is 10.3. The quantitative estimate of drug-likeness (QED) is 0.259. The average Bonchev–Trinajstić information content (AvgIpc) is 2.78. The standard InChI is InChI=1S/C10H16Br2N3O4PS/c1-8-6-9(21-10(8)15(16)17)7-19-20(13,18)14(4-2-11)5-3-12/h6H,2-5,7H2,1H3,(H2,13,18). The van der Waals surface area contributed by atoms with Gasteiger partial charge in [0.1, 0.15) is 0 Å². The van der Waals surface area contributed by atoms with Crippen molar-refractivity contribution in [3.63, 3.8) is 0 Å². The van der Waals surface area contributed by atoms with Crippen LogP contribution in [0, 0.1) is 17.0 Å². The number of thiophene rings is 1. The molecule has 120 valence electrons.